The lowest BCUT2D eigenvalue weighted by Crippen LogP contribution is -2.32. The zero-order valence-electron chi connectivity index (χ0n) is 11.5. The first-order chi connectivity index (χ1) is 11.0. The van der Waals surface area contributed by atoms with Gasteiger partial charge in [-0.2, -0.15) is 5.10 Å². The van der Waals surface area contributed by atoms with E-state index in [0.717, 1.165) is 0 Å². The van der Waals surface area contributed by atoms with E-state index in [2.05, 4.69) is 15.8 Å². The fourth-order valence-corrected chi connectivity index (χ4v) is 2.28. The third kappa shape index (κ3) is 4.96. The summed E-state index contributed by atoms with van der Waals surface area (Å²) in [6.45, 7) is 0. The molecule has 0 saturated heterocycles. The van der Waals surface area contributed by atoms with E-state index in [1.54, 1.807) is 36.4 Å². The number of halogens is 3. The van der Waals surface area contributed by atoms with Gasteiger partial charge in [0.25, 0.3) is 0 Å². The molecule has 2 amide bonds. The van der Waals surface area contributed by atoms with Gasteiger partial charge < -0.3 is 5.32 Å². The number of hydrazone groups is 1. The maximum Gasteiger partial charge on any atom is 0.329 e. The molecule has 0 radical (unpaired) electrons. The highest BCUT2D eigenvalue weighted by Crippen LogP contribution is 2.22. The number of nitrogens with one attached hydrogen (secondary N) is 2. The summed E-state index contributed by atoms with van der Waals surface area (Å²) in [4.78, 5) is 23.4. The number of anilines is 1. The van der Waals surface area contributed by atoms with Crippen molar-refractivity contribution < 1.29 is 9.59 Å². The molecule has 5 nitrogen and oxygen atoms in total. The quantitative estimate of drug-likeness (QED) is 0.491. The van der Waals surface area contributed by atoms with Gasteiger partial charge in [-0.3, -0.25) is 9.59 Å². The maximum atomic E-state index is 11.7. The number of nitrogens with zero attached hydrogens (tertiary/aromatic N) is 1. The van der Waals surface area contributed by atoms with Gasteiger partial charge in [-0.15, -0.1) is 0 Å². The van der Waals surface area contributed by atoms with Gasteiger partial charge >= 0.3 is 11.8 Å². The Labute approximate surface area is 147 Å². The Kier molecular flexibility index (Phi) is 5.98. The number of carbonyl (C=O) groups excluding carboxylic acids is 2. The molecule has 23 heavy (non-hydrogen) atoms. The molecular weight excluding hydrogens is 361 g/mol. The average Bonchev–Trinajstić information content (AvgIpc) is 2.50. The third-order valence-electron chi connectivity index (χ3n) is 2.65. The standard InChI is InChI=1S/C15H10Cl3N3O2/c16-9-3-1-4-10(7-9)20-14(22)15(23)21-19-8-11-12(17)5-2-6-13(11)18/h1-8H,(H,20,22)(H,21,23)/b19-8-. The van der Waals surface area contributed by atoms with Crippen molar-refractivity contribution in [1.29, 1.82) is 0 Å². The van der Waals surface area contributed by atoms with E-state index in [9.17, 15) is 9.59 Å². The van der Waals surface area contributed by atoms with Gasteiger partial charge in [-0.05, 0) is 30.3 Å². The first-order valence-corrected chi connectivity index (χ1v) is 7.44. The van der Waals surface area contributed by atoms with Crippen LogP contribution in [-0.4, -0.2) is 18.0 Å². The molecule has 0 fully saturated rings. The Morgan fingerprint density at radius 1 is 0.957 bits per heavy atom. The molecule has 0 aliphatic heterocycles. The molecule has 2 aromatic rings. The molecule has 0 bridgehead atoms. The van der Waals surface area contributed by atoms with Crippen LogP contribution in [0, 0.1) is 0 Å². The first kappa shape index (κ1) is 17.3. The van der Waals surface area contributed by atoms with Gasteiger partial charge in [-0.25, -0.2) is 5.43 Å². The zero-order chi connectivity index (χ0) is 16.8. The molecule has 0 spiro atoms. The van der Waals surface area contributed by atoms with E-state index in [1.165, 1.54) is 12.3 Å². The molecule has 0 saturated carbocycles. The van der Waals surface area contributed by atoms with Crippen LogP contribution in [0.3, 0.4) is 0 Å². The van der Waals surface area contributed by atoms with Crippen LogP contribution in [0.1, 0.15) is 5.56 Å². The van der Waals surface area contributed by atoms with E-state index in [-0.39, 0.29) is 0 Å². The number of benzene rings is 2. The second kappa shape index (κ2) is 7.97. The van der Waals surface area contributed by atoms with Gasteiger partial charge in [0.1, 0.15) is 0 Å². The fourth-order valence-electron chi connectivity index (χ4n) is 1.59. The molecule has 0 unspecified atom stereocenters. The van der Waals surface area contributed by atoms with Crippen molar-refractivity contribution in [2.75, 3.05) is 5.32 Å². The molecule has 0 atom stereocenters. The van der Waals surface area contributed by atoms with E-state index < -0.39 is 11.8 Å². The van der Waals surface area contributed by atoms with Crippen LogP contribution in [0.15, 0.2) is 47.6 Å². The Hall–Kier alpha value is -2.08. The van der Waals surface area contributed by atoms with Crippen molar-refractivity contribution in [2.24, 2.45) is 5.10 Å². The second-order valence-corrected chi connectivity index (χ2v) is 5.55. The van der Waals surface area contributed by atoms with Crippen LogP contribution in [-0.2, 0) is 9.59 Å². The lowest BCUT2D eigenvalue weighted by Gasteiger charge is -2.04. The van der Waals surface area contributed by atoms with Gasteiger partial charge in [0.05, 0.1) is 16.3 Å². The largest absolute Gasteiger partial charge is 0.329 e. The molecule has 2 rings (SSSR count). The molecule has 0 aliphatic rings. The first-order valence-electron chi connectivity index (χ1n) is 6.31. The highest BCUT2D eigenvalue weighted by Gasteiger charge is 2.13. The lowest BCUT2D eigenvalue weighted by atomic mass is 10.2. The molecule has 0 aliphatic carbocycles. The Balaban J connectivity index is 1.96. The van der Waals surface area contributed by atoms with Crippen molar-refractivity contribution in [2.45, 2.75) is 0 Å². The zero-order valence-corrected chi connectivity index (χ0v) is 13.8. The summed E-state index contributed by atoms with van der Waals surface area (Å²) in [5.74, 6) is -1.82. The summed E-state index contributed by atoms with van der Waals surface area (Å²) in [7, 11) is 0. The van der Waals surface area contributed by atoms with Gasteiger partial charge in [0.2, 0.25) is 0 Å². The number of hydrogen-bond acceptors (Lipinski definition) is 3. The van der Waals surface area contributed by atoms with Crippen molar-refractivity contribution in [3.63, 3.8) is 0 Å². The summed E-state index contributed by atoms with van der Waals surface area (Å²) in [5, 5.41) is 7.24. The monoisotopic (exact) mass is 369 g/mol. The number of carbonyl (C=O) groups is 2. The van der Waals surface area contributed by atoms with Crippen LogP contribution < -0.4 is 10.7 Å². The van der Waals surface area contributed by atoms with E-state index in [1.807, 2.05) is 0 Å². The Morgan fingerprint density at radius 3 is 2.26 bits per heavy atom. The average molecular weight is 371 g/mol. The smallest absolute Gasteiger partial charge is 0.318 e. The van der Waals surface area contributed by atoms with Gasteiger partial charge in [0.15, 0.2) is 0 Å². The molecule has 2 aromatic carbocycles. The van der Waals surface area contributed by atoms with Crippen LogP contribution in [0.25, 0.3) is 0 Å². The normalized spacial score (nSPS) is 10.6. The predicted molar refractivity (Wildman–Crippen MR) is 92.3 cm³/mol. The highest BCUT2D eigenvalue weighted by atomic mass is 35.5. The number of amides is 2. The minimum atomic E-state index is -0.940. The minimum Gasteiger partial charge on any atom is -0.318 e. The predicted octanol–water partition coefficient (Wildman–Crippen LogP) is 3.74. The van der Waals surface area contributed by atoms with Crippen LogP contribution >= 0.6 is 34.8 Å². The molecule has 0 heterocycles. The summed E-state index contributed by atoms with van der Waals surface area (Å²) < 4.78 is 0. The summed E-state index contributed by atoms with van der Waals surface area (Å²) >= 11 is 17.7. The number of hydrogen-bond donors (Lipinski definition) is 2. The molecule has 0 aromatic heterocycles. The van der Waals surface area contributed by atoms with Crippen LogP contribution in [0.4, 0.5) is 5.69 Å². The van der Waals surface area contributed by atoms with Crippen molar-refractivity contribution in [3.8, 4) is 0 Å². The lowest BCUT2D eigenvalue weighted by molar-refractivity contribution is -0.136. The van der Waals surface area contributed by atoms with Gasteiger partial charge in [0, 0.05) is 16.3 Å². The van der Waals surface area contributed by atoms with E-state index in [4.69, 9.17) is 34.8 Å². The fraction of sp³-hybridized carbons (Fsp3) is 0. The molecule has 118 valence electrons. The topological polar surface area (TPSA) is 70.6 Å². The highest BCUT2D eigenvalue weighted by molar-refractivity contribution is 6.40. The second-order valence-electron chi connectivity index (χ2n) is 4.30. The van der Waals surface area contributed by atoms with E-state index >= 15 is 0 Å². The summed E-state index contributed by atoms with van der Waals surface area (Å²) in [5.41, 5.74) is 2.92. The summed E-state index contributed by atoms with van der Waals surface area (Å²) in [6.07, 6.45) is 1.26. The Bertz CT molecular complexity index is 758. The van der Waals surface area contributed by atoms with Crippen molar-refractivity contribution >= 4 is 58.5 Å². The van der Waals surface area contributed by atoms with E-state index in [0.29, 0.717) is 26.3 Å². The van der Waals surface area contributed by atoms with Gasteiger partial charge in [-0.1, -0.05) is 46.9 Å². The Morgan fingerprint density at radius 2 is 1.61 bits per heavy atom. The van der Waals surface area contributed by atoms with Crippen molar-refractivity contribution in [3.05, 3.63) is 63.1 Å². The minimum absolute atomic E-state index is 0.374. The molecule has 2 N–H and O–H groups in total. The van der Waals surface area contributed by atoms with Crippen LogP contribution in [0.5, 0.6) is 0 Å². The van der Waals surface area contributed by atoms with Crippen molar-refractivity contribution in [1.82, 2.24) is 5.43 Å². The molecular formula is C15H10Cl3N3O2. The molecule has 8 heteroatoms. The maximum absolute atomic E-state index is 11.7. The third-order valence-corrected chi connectivity index (χ3v) is 3.54. The van der Waals surface area contributed by atoms with Crippen LogP contribution in [0.2, 0.25) is 15.1 Å². The summed E-state index contributed by atoms with van der Waals surface area (Å²) in [6, 6.07) is 11.3. The number of rotatable bonds is 3. The SMILES string of the molecule is O=C(N/N=C\c1c(Cl)cccc1Cl)C(=O)Nc1cccc(Cl)c1.